The number of sulfonamides is 1. The molecule has 2 aromatic carbocycles. The Morgan fingerprint density at radius 1 is 1.14 bits per heavy atom. The molecule has 0 heterocycles. The lowest BCUT2D eigenvalue weighted by Crippen LogP contribution is -2.55. The number of aryl methyl sites for hydroxylation is 1. The highest BCUT2D eigenvalue weighted by atomic mass is 32.2. The van der Waals surface area contributed by atoms with Gasteiger partial charge >= 0.3 is 0 Å². The normalized spacial score (nSPS) is 12.5. The van der Waals surface area contributed by atoms with E-state index in [4.69, 9.17) is 0 Å². The van der Waals surface area contributed by atoms with Crippen LogP contribution < -0.4 is 9.62 Å². The van der Waals surface area contributed by atoms with Gasteiger partial charge in [-0.05, 0) is 57.4 Å². The molecule has 0 aromatic heterocycles. The smallest absolute Gasteiger partial charge is 0.271 e. The van der Waals surface area contributed by atoms with E-state index in [0.29, 0.717) is 11.1 Å². The van der Waals surface area contributed by atoms with Crippen molar-refractivity contribution in [3.05, 3.63) is 69.5 Å². The first-order valence-electron chi connectivity index (χ1n) is 11.6. The minimum absolute atomic E-state index is 0.0148. The number of carbonyl (C=O) groups excluding carboxylic acids is 2. The first-order valence-corrected chi connectivity index (χ1v) is 13.5. The molecule has 0 spiro atoms. The van der Waals surface area contributed by atoms with Crippen LogP contribution >= 0.6 is 0 Å². The zero-order valence-corrected chi connectivity index (χ0v) is 22.6. The number of hydrogen-bond donors (Lipinski definition) is 1. The molecular weight excluding hydrogens is 503 g/mol. The number of amides is 2. The molecule has 202 valence electrons. The molecule has 0 unspecified atom stereocenters. The van der Waals surface area contributed by atoms with Gasteiger partial charge in [-0.15, -0.1) is 0 Å². The molecular formula is C25H33FN4O6S. The van der Waals surface area contributed by atoms with Gasteiger partial charge in [-0.2, -0.15) is 0 Å². The van der Waals surface area contributed by atoms with Crippen LogP contribution in [-0.2, 0) is 26.2 Å². The molecule has 1 N–H and O–H groups in total. The van der Waals surface area contributed by atoms with Crippen molar-refractivity contribution in [3.63, 3.8) is 0 Å². The van der Waals surface area contributed by atoms with Crippen molar-refractivity contribution in [2.24, 2.45) is 0 Å². The van der Waals surface area contributed by atoms with E-state index in [9.17, 15) is 32.5 Å². The van der Waals surface area contributed by atoms with Crippen LogP contribution in [-0.4, -0.2) is 54.4 Å². The summed E-state index contributed by atoms with van der Waals surface area (Å²) in [6, 6.07) is 8.19. The number of hydrogen-bond acceptors (Lipinski definition) is 6. The molecule has 0 saturated carbocycles. The number of benzene rings is 2. The SMILES string of the molecule is CC[C@@H](C(=O)NC(C)(C)C)N(Cc1ccc(F)cc1)C(=O)CN(c1cc([N+](=O)[O-])ccc1C)S(C)(=O)=O. The number of carbonyl (C=O) groups is 2. The van der Waals surface area contributed by atoms with E-state index in [2.05, 4.69) is 5.32 Å². The average molecular weight is 537 g/mol. The first-order chi connectivity index (χ1) is 17.0. The van der Waals surface area contributed by atoms with Gasteiger partial charge in [0, 0.05) is 24.2 Å². The van der Waals surface area contributed by atoms with Crippen molar-refractivity contribution in [2.45, 2.75) is 59.2 Å². The van der Waals surface area contributed by atoms with Crippen molar-refractivity contribution < 1.29 is 27.3 Å². The minimum atomic E-state index is -4.06. The summed E-state index contributed by atoms with van der Waals surface area (Å²) in [7, 11) is -4.06. The molecule has 10 nitrogen and oxygen atoms in total. The fourth-order valence-electron chi connectivity index (χ4n) is 3.73. The topological polar surface area (TPSA) is 130 Å². The van der Waals surface area contributed by atoms with E-state index < -0.39 is 50.7 Å². The van der Waals surface area contributed by atoms with Crippen molar-refractivity contribution in [1.82, 2.24) is 10.2 Å². The Balaban J connectivity index is 2.54. The summed E-state index contributed by atoms with van der Waals surface area (Å²) in [5, 5.41) is 14.1. The number of nitro groups is 1. The van der Waals surface area contributed by atoms with Crippen LogP contribution in [0.3, 0.4) is 0 Å². The lowest BCUT2D eigenvalue weighted by atomic mass is 10.1. The summed E-state index contributed by atoms with van der Waals surface area (Å²) < 4.78 is 39.8. The van der Waals surface area contributed by atoms with E-state index in [1.54, 1.807) is 34.6 Å². The molecule has 0 aliphatic rings. The third kappa shape index (κ3) is 8.24. The molecule has 0 aliphatic carbocycles. The molecule has 0 saturated heterocycles. The number of anilines is 1. The molecule has 2 rings (SSSR count). The Labute approximate surface area is 216 Å². The van der Waals surface area contributed by atoms with Crippen LogP contribution in [0.2, 0.25) is 0 Å². The van der Waals surface area contributed by atoms with Gasteiger partial charge < -0.3 is 10.2 Å². The number of nitrogens with one attached hydrogen (secondary N) is 1. The highest BCUT2D eigenvalue weighted by Crippen LogP contribution is 2.28. The lowest BCUT2D eigenvalue weighted by molar-refractivity contribution is -0.384. The van der Waals surface area contributed by atoms with Gasteiger partial charge in [0.15, 0.2) is 0 Å². The van der Waals surface area contributed by atoms with E-state index in [0.717, 1.165) is 16.6 Å². The lowest BCUT2D eigenvalue weighted by Gasteiger charge is -2.34. The number of non-ortho nitro benzene ring substituents is 1. The Kier molecular flexibility index (Phi) is 9.37. The van der Waals surface area contributed by atoms with Crippen molar-refractivity contribution in [3.8, 4) is 0 Å². The van der Waals surface area contributed by atoms with Gasteiger partial charge in [0.1, 0.15) is 18.4 Å². The molecule has 0 radical (unpaired) electrons. The second kappa shape index (κ2) is 11.7. The highest BCUT2D eigenvalue weighted by molar-refractivity contribution is 7.92. The summed E-state index contributed by atoms with van der Waals surface area (Å²) in [4.78, 5) is 38.7. The maximum Gasteiger partial charge on any atom is 0.271 e. The fraction of sp³-hybridized carbons (Fsp3) is 0.440. The minimum Gasteiger partial charge on any atom is -0.350 e. The maximum absolute atomic E-state index is 13.7. The second-order valence-electron chi connectivity index (χ2n) is 9.81. The summed E-state index contributed by atoms with van der Waals surface area (Å²) in [6.07, 6.45) is 1.12. The van der Waals surface area contributed by atoms with Gasteiger partial charge in [-0.25, -0.2) is 12.8 Å². The Morgan fingerprint density at radius 2 is 1.73 bits per heavy atom. The largest absolute Gasteiger partial charge is 0.350 e. The third-order valence-electron chi connectivity index (χ3n) is 5.50. The average Bonchev–Trinajstić information content (AvgIpc) is 2.77. The quantitative estimate of drug-likeness (QED) is 0.365. The van der Waals surface area contributed by atoms with Crippen LogP contribution in [0.1, 0.15) is 45.2 Å². The van der Waals surface area contributed by atoms with Gasteiger partial charge in [0.05, 0.1) is 16.9 Å². The van der Waals surface area contributed by atoms with E-state index in [-0.39, 0.29) is 24.3 Å². The molecule has 2 amide bonds. The Bertz CT molecular complexity index is 1260. The maximum atomic E-state index is 13.7. The number of halogens is 1. The molecule has 0 bridgehead atoms. The predicted molar refractivity (Wildman–Crippen MR) is 139 cm³/mol. The zero-order chi connectivity index (χ0) is 28.1. The molecule has 0 aliphatic heterocycles. The van der Waals surface area contributed by atoms with Crippen LogP contribution in [0.5, 0.6) is 0 Å². The molecule has 1 atom stereocenters. The Morgan fingerprint density at radius 3 is 2.22 bits per heavy atom. The van der Waals surface area contributed by atoms with E-state index >= 15 is 0 Å². The molecule has 37 heavy (non-hydrogen) atoms. The van der Waals surface area contributed by atoms with Gasteiger partial charge in [-0.1, -0.05) is 25.1 Å². The van der Waals surface area contributed by atoms with Crippen LogP contribution in [0.15, 0.2) is 42.5 Å². The van der Waals surface area contributed by atoms with Gasteiger partial charge in [-0.3, -0.25) is 24.0 Å². The number of nitrogens with zero attached hydrogens (tertiary/aromatic N) is 3. The van der Waals surface area contributed by atoms with Gasteiger partial charge in [0.25, 0.3) is 5.69 Å². The summed E-state index contributed by atoms with van der Waals surface area (Å²) in [5.41, 5.74) is 0.00833. The van der Waals surface area contributed by atoms with Gasteiger partial charge in [0.2, 0.25) is 21.8 Å². The summed E-state index contributed by atoms with van der Waals surface area (Å²) >= 11 is 0. The third-order valence-corrected chi connectivity index (χ3v) is 6.63. The van der Waals surface area contributed by atoms with Crippen molar-refractivity contribution in [2.75, 3.05) is 17.1 Å². The van der Waals surface area contributed by atoms with Crippen LogP contribution in [0.25, 0.3) is 0 Å². The molecule has 12 heteroatoms. The molecule has 2 aromatic rings. The fourth-order valence-corrected chi connectivity index (χ4v) is 4.63. The highest BCUT2D eigenvalue weighted by Gasteiger charge is 2.33. The standard InChI is InChI=1S/C25H33FN4O6S/c1-7-21(24(32)27-25(3,4)5)28(15-18-9-11-19(26)12-10-18)23(31)16-29(37(6,35)36)22-14-20(30(33)34)13-8-17(22)2/h8-14,21H,7,15-16H2,1-6H3,(H,27,32)/t21-/m0/s1. The number of rotatable bonds is 10. The van der Waals surface area contributed by atoms with Crippen LogP contribution in [0, 0.1) is 22.9 Å². The zero-order valence-electron chi connectivity index (χ0n) is 21.8. The van der Waals surface area contributed by atoms with Crippen molar-refractivity contribution >= 4 is 33.2 Å². The number of nitro benzene ring substituents is 1. The molecule has 0 fully saturated rings. The van der Waals surface area contributed by atoms with Crippen LogP contribution in [0.4, 0.5) is 15.8 Å². The van der Waals surface area contributed by atoms with Crippen molar-refractivity contribution in [1.29, 1.82) is 0 Å². The second-order valence-corrected chi connectivity index (χ2v) is 11.7. The first kappa shape index (κ1) is 29.7. The monoisotopic (exact) mass is 536 g/mol. The Hall–Kier alpha value is -3.54. The van der Waals surface area contributed by atoms with E-state index in [1.807, 2.05) is 0 Å². The summed E-state index contributed by atoms with van der Waals surface area (Å²) in [5.74, 6) is -1.59. The summed E-state index contributed by atoms with van der Waals surface area (Å²) in [6.45, 7) is 7.89. The predicted octanol–water partition coefficient (Wildman–Crippen LogP) is 3.53. The van der Waals surface area contributed by atoms with E-state index in [1.165, 1.54) is 41.3 Å².